The molecule has 0 amide bonds. The first-order valence-corrected chi connectivity index (χ1v) is 8.08. The summed E-state index contributed by atoms with van der Waals surface area (Å²) in [6, 6.07) is 16.2. The number of nitrogens with one attached hydrogen (secondary N) is 1. The number of hydrogen-bond donors (Lipinski definition) is 2. The first-order valence-electron chi connectivity index (χ1n) is 5.85. The van der Waals surface area contributed by atoms with Crippen LogP contribution < -0.4 is 4.34 Å². The number of aryl methyl sites for hydroxylation is 1. The van der Waals surface area contributed by atoms with Crippen LogP contribution in [0.4, 0.5) is 0 Å². The van der Waals surface area contributed by atoms with Crippen LogP contribution in [0.5, 0.6) is 0 Å². The van der Waals surface area contributed by atoms with Gasteiger partial charge in [0.2, 0.25) is 0 Å². The molecule has 0 saturated carbocycles. The molecule has 0 radical (unpaired) electrons. The van der Waals surface area contributed by atoms with E-state index in [1.807, 2.05) is 25.1 Å². The predicted molar refractivity (Wildman–Crippen MR) is 83.2 cm³/mol. The molecule has 6 heteroatoms. The molecule has 108 valence electrons. The van der Waals surface area contributed by atoms with Gasteiger partial charge in [0.05, 0.1) is 4.90 Å². The monoisotopic (exact) mass is 357 g/mol. The number of benzene rings is 2. The van der Waals surface area contributed by atoms with Crippen molar-refractivity contribution in [2.24, 2.45) is 0 Å². The van der Waals surface area contributed by atoms with Crippen LogP contribution in [0.25, 0.3) is 0 Å². The van der Waals surface area contributed by atoms with Gasteiger partial charge in [0.1, 0.15) is 0 Å². The minimum Gasteiger partial charge on any atom is -0.282 e. The molecular formula is C14H16BrNO3S. The van der Waals surface area contributed by atoms with E-state index >= 15 is 0 Å². The Kier molecular flexibility index (Phi) is 6.87. The average Bonchev–Trinajstić information content (AvgIpc) is 2.40. The van der Waals surface area contributed by atoms with Crippen molar-refractivity contribution in [2.45, 2.75) is 18.4 Å². The minimum atomic E-state index is -4.02. The highest BCUT2D eigenvalue weighted by Gasteiger charge is 2.06. The molecule has 0 aliphatic carbocycles. The summed E-state index contributed by atoms with van der Waals surface area (Å²) in [6.45, 7) is 2.72. The second kappa shape index (κ2) is 8.16. The van der Waals surface area contributed by atoms with Crippen molar-refractivity contribution in [1.82, 2.24) is 4.34 Å². The van der Waals surface area contributed by atoms with E-state index in [4.69, 9.17) is 4.55 Å². The molecule has 0 spiro atoms. The van der Waals surface area contributed by atoms with E-state index in [2.05, 4.69) is 32.6 Å². The summed E-state index contributed by atoms with van der Waals surface area (Å²) >= 11 is 3.14. The third-order valence-corrected chi connectivity index (χ3v) is 3.58. The van der Waals surface area contributed by atoms with Crippen LogP contribution in [-0.2, 0) is 16.7 Å². The van der Waals surface area contributed by atoms with Crippen LogP contribution in [-0.4, -0.2) is 13.0 Å². The van der Waals surface area contributed by atoms with E-state index in [1.165, 1.54) is 17.7 Å². The summed E-state index contributed by atoms with van der Waals surface area (Å²) in [5.41, 5.74) is 2.24. The molecule has 0 atom stereocenters. The lowest BCUT2D eigenvalue weighted by atomic mass is 10.2. The first kappa shape index (κ1) is 16.8. The van der Waals surface area contributed by atoms with Gasteiger partial charge < -0.3 is 0 Å². The normalized spacial score (nSPS) is 10.6. The molecule has 2 aromatic carbocycles. The fourth-order valence-electron chi connectivity index (χ4n) is 1.38. The molecule has 2 aromatic rings. The van der Waals surface area contributed by atoms with Gasteiger partial charge in [0, 0.05) is 22.7 Å². The number of hydrogen-bond acceptors (Lipinski definition) is 3. The highest BCUT2D eigenvalue weighted by atomic mass is 79.9. The van der Waals surface area contributed by atoms with Crippen LogP contribution in [0.3, 0.4) is 0 Å². The van der Waals surface area contributed by atoms with E-state index < -0.39 is 10.1 Å². The highest BCUT2D eigenvalue weighted by Crippen LogP contribution is 2.08. The van der Waals surface area contributed by atoms with Crippen LogP contribution in [0, 0.1) is 6.92 Å². The Morgan fingerprint density at radius 2 is 1.60 bits per heavy atom. The molecule has 4 nitrogen and oxygen atoms in total. The van der Waals surface area contributed by atoms with Gasteiger partial charge in [-0.1, -0.05) is 48.0 Å². The van der Waals surface area contributed by atoms with Gasteiger partial charge in [-0.3, -0.25) is 8.90 Å². The van der Waals surface area contributed by atoms with Crippen molar-refractivity contribution < 1.29 is 13.0 Å². The molecule has 0 aliphatic rings. The zero-order valence-corrected chi connectivity index (χ0v) is 13.4. The van der Waals surface area contributed by atoms with E-state index in [0.717, 1.165) is 12.1 Å². The second-order valence-electron chi connectivity index (χ2n) is 4.08. The Bertz CT molecular complexity index is 613. The van der Waals surface area contributed by atoms with Crippen LogP contribution in [0.15, 0.2) is 59.5 Å². The molecule has 0 bridgehead atoms. The molecule has 0 aliphatic heterocycles. The lowest BCUT2D eigenvalue weighted by Gasteiger charge is -1.95. The van der Waals surface area contributed by atoms with Crippen molar-refractivity contribution in [2.75, 3.05) is 0 Å². The van der Waals surface area contributed by atoms with Crippen LogP contribution in [0.1, 0.15) is 11.1 Å². The third-order valence-electron chi connectivity index (χ3n) is 2.43. The summed E-state index contributed by atoms with van der Waals surface area (Å²) < 4.78 is 32.4. The van der Waals surface area contributed by atoms with Gasteiger partial charge in [-0.15, -0.1) is 0 Å². The average molecular weight is 358 g/mol. The van der Waals surface area contributed by atoms with Gasteiger partial charge in [-0.2, -0.15) is 8.42 Å². The standard InChI is InChI=1S/C7H8BrN.C7H8O3S/c8-9-6-7-4-2-1-3-5-7;1-6-2-4-7(5-3-6)11(8,9)10/h1-5,9H,6H2;2-5H,1H3,(H,8,9,10). The summed E-state index contributed by atoms with van der Waals surface area (Å²) in [5, 5.41) is 0. The van der Waals surface area contributed by atoms with Crippen molar-refractivity contribution in [3.63, 3.8) is 0 Å². The quantitative estimate of drug-likeness (QED) is 0.653. The third kappa shape index (κ3) is 6.29. The molecule has 0 fully saturated rings. The Labute approximate surface area is 127 Å². The summed E-state index contributed by atoms with van der Waals surface area (Å²) in [6.07, 6.45) is 0. The summed E-state index contributed by atoms with van der Waals surface area (Å²) in [5.74, 6) is 0. The summed E-state index contributed by atoms with van der Waals surface area (Å²) in [4.78, 5) is -0.0666. The second-order valence-corrected chi connectivity index (χ2v) is 6.07. The predicted octanol–water partition coefficient (Wildman–Crippen LogP) is 3.33. The smallest absolute Gasteiger partial charge is 0.282 e. The Hall–Kier alpha value is -1.21. The number of rotatable bonds is 3. The minimum absolute atomic E-state index is 0.0666. The van der Waals surface area contributed by atoms with Crippen molar-refractivity contribution in [3.8, 4) is 0 Å². The molecule has 0 saturated heterocycles. The molecule has 20 heavy (non-hydrogen) atoms. The zero-order chi connectivity index (χ0) is 15.0. The van der Waals surface area contributed by atoms with Gasteiger partial charge in [-0.25, -0.2) is 0 Å². The molecule has 0 unspecified atom stereocenters. The zero-order valence-electron chi connectivity index (χ0n) is 11.0. The maximum Gasteiger partial charge on any atom is 0.294 e. The van der Waals surface area contributed by atoms with Crippen molar-refractivity contribution >= 4 is 26.3 Å². The van der Waals surface area contributed by atoms with E-state index in [9.17, 15) is 8.42 Å². The highest BCUT2D eigenvalue weighted by molar-refractivity contribution is 9.08. The van der Waals surface area contributed by atoms with Gasteiger partial charge in [-0.05, 0) is 24.6 Å². The first-order chi connectivity index (χ1) is 9.43. The number of halogens is 1. The van der Waals surface area contributed by atoms with Crippen molar-refractivity contribution in [3.05, 3.63) is 65.7 Å². The maximum atomic E-state index is 10.5. The molecule has 2 N–H and O–H groups in total. The van der Waals surface area contributed by atoms with E-state index in [1.54, 1.807) is 12.1 Å². The fourth-order valence-corrected chi connectivity index (χ4v) is 2.19. The van der Waals surface area contributed by atoms with Crippen LogP contribution >= 0.6 is 16.1 Å². The molecule has 0 heterocycles. The SMILES string of the molecule is BrNCc1ccccc1.Cc1ccc(S(=O)(=O)O)cc1. The molecule has 2 rings (SSSR count). The fraction of sp³-hybridized carbons (Fsp3) is 0.143. The summed E-state index contributed by atoms with van der Waals surface area (Å²) in [7, 11) is -4.02. The Balaban J connectivity index is 0.000000204. The van der Waals surface area contributed by atoms with Gasteiger partial charge in [0.25, 0.3) is 10.1 Å². The van der Waals surface area contributed by atoms with Gasteiger partial charge in [0.15, 0.2) is 0 Å². The topological polar surface area (TPSA) is 66.4 Å². The maximum absolute atomic E-state index is 10.5. The van der Waals surface area contributed by atoms with E-state index in [-0.39, 0.29) is 4.90 Å². The lowest BCUT2D eigenvalue weighted by molar-refractivity contribution is 0.483. The van der Waals surface area contributed by atoms with E-state index in [0.29, 0.717) is 0 Å². The Morgan fingerprint density at radius 3 is 2.05 bits per heavy atom. The molecular weight excluding hydrogens is 342 g/mol. The van der Waals surface area contributed by atoms with Crippen LogP contribution in [0.2, 0.25) is 0 Å². The van der Waals surface area contributed by atoms with Crippen molar-refractivity contribution in [1.29, 1.82) is 0 Å². The Morgan fingerprint density at radius 1 is 1.05 bits per heavy atom. The lowest BCUT2D eigenvalue weighted by Crippen LogP contribution is -1.96. The largest absolute Gasteiger partial charge is 0.294 e. The molecule has 0 aromatic heterocycles. The van der Waals surface area contributed by atoms with Gasteiger partial charge >= 0.3 is 0 Å².